The number of amides is 1. The van der Waals surface area contributed by atoms with Gasteiger partial charge in [-0.05, 0) is 35.9 Å². The number of fused-ring (bicyclic) bond motifs is 1. The van der Waals surface area contributed by atoms with Crippen molar-refractivity contribution in [3.8, 4) is 11.5 Å². The molecule has 120 valence electrons. The van der Waals surface area contributed by atoms with Crippen molar-refractivity contribution in [1.29, 1.82) is 0 Å². The molecule has 1 heterocycles. The van der Waals surface area contributed by atoms with E-state index in [1.807, 2.05) is 42.5 Å². The van der Waals surface area contributed by atoms with Crippen molar-refractivity contribution in [1.82, 2.24) is 5.32 Å². The highest BCUT2D eigenvalue weighted by Gasteiger charge is 2.11. The van der Waals surface area contributed by atoms with Crippen molar-refractivity contribution in [2.45, 2.75) is 13.0 Å². The van der Waals surface area contributed by atoms with Gasteiger partial charge in [-0.1, -0.05) is 12.1 Å². The van der Waals surface area contributed by atoms with Gasteiger partial charge in [0.25, 0.3) is 0 Å². The van der Waals surface area contributed by atoms with Crippen LogP contribution in [0.5, 0.6) is 11.5 Å². The summed E-state index contributed by atoms with van der Waals surface area (Å²) in [5.41, 5.74) is 2.76. The normalized spacial score (nSPS) is 13.4. The van der Waals surface area contributed by atoms with Gasteiger partial charge in [0.15, 0.2) is 0 Å². The predicted octanol–water partition coefficient (Wildman–Crippen LogP) is 2.36. The first-order valence-corrected chi connectivity index (χ1v) is 7.64. The minimum Gasteiger partial charge on any atom is -0.497 e. The monoisotopic (exact) mass is 312 g/mol. The fraction of sp³-hybridized carbons (Fsp3) is 0.278. The number of nitrogens with one attached hydrogen (secondary N) is 2. The molecule has 23 heavy (non-hydrogen) atoms. The Morgan fingerprint density at radius 1 is 1.30 bits per heavy atom. The summed E-state index contributed by atoms with van der Waals surface area (Å²) in [6, 6.07) is 13.3. The van der Waals surface area contributed by atoms with Crippen molar-refractivity contribution < 1.29 is 14.3 Å². The van der Waals surface area contributed by atoms with E-state index in [1.54, 1.807) is 7.11 Å². The average molecular weight is 312 g/mol. The Labute approximate surface area is 135 Å². The summed E-state index contributed by atoms with van der Waals surface area (Å²) < 4.78 is 10.8. The lowest BCUT2D eigenvalue weighted by Crippen LogP contribution is -2.16. The molecule has 2 aromatic rings. The van der Waals surface area contributed by atoms with Crippen LogP contribution in [0.1, 0.15) is 11.1 Å². The molecular weight excluding hydrogens is 292 g/mol. The Bertz CT molecular complexity index is 700. The van der Waals surface area contributed by atoms with Crippen LogP contribution in [0, 0.1) is 0 Å². The third-order valence-electron chi connectivity index (χ3n) is 3.69. The maximum Gasteiger partial charge on any atom is 0.228 e. The summed E-state index contributed by atoms with van der Waals surface area (Å²) in [6.45, 7) is 2.23. The number of benzene rings is 2. The van der Waals surface area contributed by atoms with Crippen LogP contribution in [-0.4, -0.2) is 26.2 Å². The van der Waals surface area contributed by atoms with Crippen LogP contribution in [0.25, 0.3) is 0 Å². The van der Waals surface area contributed by atoms with Gasteiger partial charge in [-0.25, -0.2) is 0 Å². The van der Waals surface area contributed by atoms with Gasteiger partial charge in [0.05, 0.1) is 13.5 Å². The summed E-state index contributed by atoms with van der Waals surface area (Å²) >= 11 is 0. The second-order valence-electron chi connectivity index (χ2n) is 5.42. The zero-order chi connectivity index (χ0) is 16.1. The third-order valence-corrected chi connectivity index (χ3v) is 3.69. The number of methoxy groups -OCH3 is 1. The summed E-state index contributed by atoms with van der Waals surface area (Å²) in [7, 11) is 1.62. The van der Waals surface area contributed by atoms with Crippen molar-refractivity contribution in [3.05, 3.63) is 53.6 Å². The molecule has 2 aromatic carbocycles. The molecule has 0 aliphatic carbocycles. The highest BCUT2D eigenvalue weighted by Crippen LogP contribution is 2.24. The van der Waals surface area contributed by atoms with Gasteiger partial charge >= 0.3 is 0 Å². The van der Waals surface area contributed by atoms with Gasteiger partial charge in [0.2, 0.25) is 5.91 Å². The standard InChI is InChI=1S/C18H20N2O3/c1-22-16-4-2-3-13(9-16)10-18(21)20-15-5-6-17-14(11-15)12-19-7-8-23-17/h2-6,9,11,19H,7-8,10,12H2,1H3,(H,20,21). The molecule has 5 nitrogen and oxygen atoms in total. The molecule has 1 amide bonds. The van der Waals surface area contributed by atoms with Crippen LogP contribution in [0.3, 0.4) is 0 Å². The molecule has 0 saturated heterocycles. The first-order valence-electron chi connectivity index (χ1n) is 7.64. The second kappa shape index (κ2) is 7.15. The number of carbonyl (C=O) groups is 1. The molecule has 0 fully saturated rings. The van der Waals surface area contributed by atoms with Crippen LogP contribution in [0.2, 0.25) is 0 Å². The smallest absolute Gasteiger partial charge is 0.228 e. The van der Waals surface area contributed by atoms with Crippen molar-refractivity contribution in [2.24, 2.45) is 0 Å². The van der Waals surface area contributed by atoms with Gasteiger partial charge in [0, 0.05) is 24.3 Å². The highest BCUT2D eigenvalue weighted by molar-refractivity contribution is 5.92. The molecule has 0 unspecified atom stereocenters. The molecule has 0 aromatic heterocycles. The van der Waals surface area contributed by atoms with Crippen LogP contribution in [-0.2, 0) is 17.8 Å². The topological polar surface area (TPSA) is 59.6 Å². The summed E-state index contributed by atoms with van der Waals surface area (Å²) in [6.07, 6.45) is 0.309. The molecule has 1 aliphatic heterocycles. The van der Waals surface area contributed by atoms with Gasteiger partial charge in [-0.2, -0.15) is 0 Å². The van der Waals surface area contributed by atoms with Crippen LogP contribution < -0.4 is 20.1 Å². The molecule has 0 bridgehead atoms. The van der Waals surface area contributed by atoms with Crippen molar-refractivity contribution in [2.75, 3.05) is 25.6 Å². The largest absolute Gasteiger partial charge is 0.497 e. The first-order chi connectivity index (χ1) is 11.2. The van der Waals surface area contributed by atoms with E-state index in [0.717, 1.165) is 41.4 Å². The van der Waals surface area contributed by atoms with Gasteiger partial charge < -0.3 is 20.1 Å². The van der Waals surface area contributed by atoms with Gasteiger partial charge in [-0.3, -0.25) is 4.79 Å². The maximum atomic E-state index is 12.2. The van der Waals surface area contributed by atoms with Gasteiger partial charge in [0.1, 0.15) is 18.1 Å². The average Bonchev–Trinajstić information content (AvgIpc) is 2.79. The van der Waals surface area contributed by atoms with E-state index in [2.05, 4.69) is 10.6 Å². The number of ether oxygens (including phenoxy) is 2. The highest BCUT2D eigenvalue weighted by atomic mass is 16.5. The third kappa shape index (κ3) is 4.02. The van der Waals surface area contributed by atoms with Crippen LogP contribution >= 0.6 is 0 Å². The predicted molar refractivity (Wildman–Crippen MR) is 89.0 cm³/mol. The summed E-state index contributed by atoms with van der Waals surface area (Å²) in [5, 5.41) is 6.22. The Morgan fingerprint density at radius 2 is 2.22 bits per heavy atom. The van der Waals surface area contributed by atoms with E-state index in [-0.39, 0.29) is 5.91 Å². The molecule has 0 saturated carbocycles. The lowest BCUT2D eigenvalue weighted by Gasteiger charge is -2.10. The molecule has 0 spiro atoms. The molecular formula is C18H20N2O3. The Balaban J connectivity index is 1.66. The van der Waals surface area contributed by atoms with Crippen molar-refractivity contribution >= 4 is 11.6 Å². The van der Waals surface area contributed by atoms with Gasteiger partial charge in [-0.15, -0.1) is 0 Å². The zero-order valence-corrected chi connectivity index (χ0v) is 13.1. The molecule has 5 heteroatoms. The maximum absolute atomic E-state index is 12.2. The Kier molecular flexibility index (Phi) is 4.78. The SMILES string of the molecule is COc1cccc(CC(=O)Nc2ccc3c(c2)CNCCO3)c1. The fourth-order valence-electron chi connectivity index (χ4n) is 2.57. The Hall–Kier alpha value is -2.53. The van der Waals surface area contributed by atoms with E-state index >= 15 is 0 Å². The number of rotatable bonds is 4. The number of hydrogen-bond donors (Lipinski definition) is 2. The molecule has 3 rings (SSSR count). The Morgan fingerprint density at radius 3 is 3.09 bits per heavy atom. The van der Waals surface area contributed by atoms with E-state index in [9.17, 15) is 4.79 Å². The zero-order valence-electron chi connectivity index (χ0n) is 13.1. The van der Waals surface area contributed by atoms with E-state index in [4.69, 9.17) is 9.47 Å². The molecule has 0 atom stereocenters. The lowest BCUT2D eigenvalue weighted by molar-refractivity contribution is -0.115. The second-order valence-corrected chi connectivity index (χ2v) is 5.42. The van der Waals surface area contributed by atoms with E-state index < -0.39 is 0 Å². The van der Waals surface area contributed by atoms with Crippen molar-refractivity contribution in [3.63, 3.8) is 0 Å². The number of hydrogen-bond acceptors (Lipinski definition) is 4. The fourth-order valence-corrected chi connectivity index (χ4v) is 2.57. The molecule has 1 aliphatic rings. The van der Waals surface area contributed by atoms with Crippen LogP contribution in [0.4, 0.5) is 5.69 Å². The van der Waals surface area contributed by atoms with E-state index in [0.29, 0.717) is 13.0 Å². The van der Waals surface area contributed by atoms with E-state index in [1.165, 1.54) is 0 Å². The van der Waals surface area contributed by atoms with Crippen LogP contribution in [0.15, 0.2) is 42.5 Å². The quantitative estimate of drug-likeness (QED) is 0.910. The lowest BCUT2D eigenvalue weighted by atomic mass is 10.1. The minimum absolute atomic E-state index is 0.0549. The molecule has 2 N–H and O–H groups in total. The summed E-state index contributed by atoms with van der Waals surface area (Å²) in [5.74, 6) is 1.57. The molecule has 0 radical (unpaired) electrons. The number of anilines is 1. The summed E-state index contributed by atoms with van der Waals surface area (Å²) in [4.78, 5) is 12.2. The number of carbonyl (C=O) groups excluding carboxylic acids is 1. The first kappa shape index (κ1) is 15.4. The minimum atomic E-state index is -0.0549.